The Hall–Kier alpha value is -0.620. The van der Waals surface area contributed by atoms with Crippen LogP contribution in [0.15, 0.2) is 0 Å². The van der Waals surface area contributed by atoms with Crippen LogP contribution in [-0.4, -0.2) is 56.0 Å². The Morgan fingerprint density at radius 2 is 1.84 bits per heavy atom. The number of amides is 1. The lowest BCUT2D eigenvalue weighted by Gasteiger charge is -2.33. The van der Waals surface area contributed by atoms with Crippen LogP contribution in [0.2, 0.25) is 0 Å². The van der Waals surface area contributed by atoms with E-state index in [0.717, 1.165) is 38.8 Å². The highest BCUT2D eigenvalue weighted by Crippen LogP contribution is 2.21. The van der Waals surface area contributed by atoms with Gasteiger partial charge in [-0.1, -0.05) is 13.8 Å². The maximum Gasteiger partial charge on any atom is 0.227 e. The molecule has 112 valence electrons. The third kappa shape index (κ3) is 4.76. The maximum absolute atomic E-state index is 12.5. The Balaban J connectivity index is 2.69. The van der Waals surface area contributed by atoms with E-state index in [1.807, 2.05) is 4.90 Å². The van der Waals surface area contributed by atoms with E-state index in [4.69, 9.17) is 0 Å². The molecule has 5 nitrogen and oxygen atoms in total. The van der Waals surface area contributed by atoms with Crippen molar-refractivity contribution in [3.63, 3.8) is 0 Å². The van der Waals surface area contributed by atoms with Crippen LogP contribution in [0.4, 0.5) is 0 Å². The van der Waals surface area contributed by atoms with Crippen LogP contribution in [-0.2, 0) is 14.8 Å². The van der Waals surface area contributed by atoms with Gasteiger partial charge in [0.1, 0.15) is 0 Å². The first-order valence-electron chi connectivity index (χ1n) is 7.14. The first-order chi connectivity index (χ1) is 8.90. The summed E-state index contributed by atoms with van der Waals surface area (Å²) in [6.45, 7) is 6.54. The highest BCUT2D eigenvalue weighted by molar-refractivity contribution is 7.88. The van der Waals surface area contributed by atoms with Crippen LogP contribution in [0.3, 0.4) is 0 Å². The summed E-state index contributed by atoms with van der Waals surface area (Å²) >= 11 is 0. The lowest BCUT2D eigenvalue weighted by atomic mass is 9.98. The van der Waals surface area contributed by atoms with Crippen LogP contribution < -0.4 is 0 Å². The van der Waals surface area contributed by atoms with Crippen LogP contribution >= 0.6 is 0 Å². The summed E-state index contributed by atoms with van der Waals surface area (Å²) in [7, 11) is -3.18. The van der Waals surface area contributed by atoms with E-state index in [9.17, 15) is 13.2 Å². The second kappa shape index (κ2) is 7.24. The molecule has 0 saturated carbocycles. The zero-order valence-electron chi connectivity index (χ0n) is 12.3. The summed E-state index contributed by atoms with van der Waals surface area (Å²) in [5.41, 5.74) is 0. The summed E-state index contributed by atoms with van der Waals surface area (Å²) in [6, 6.07) is 0. The number of sulfonamides is 1. The topological polar surface area (TPSA) is 57.7 Å². The quantitative estimate of drug-likeness (QED) is 0.741. The molecular weight excluding hydrogens is 264 g/mol. The molecule has 1 aliphatic heterocycles. The van der Waals surface area contributed by atoms with E-state index >= 15 is 0 Å². The molecule has 0 radical (unpaired) electrons. The van der Waals surface area contributed by atoms with Crippen LogP contribution in [0.25, 0.3) is 0 Å². The lowest BCUT2D eigenvalue weighted by molar-refractivity contribution is -0.136. The normalized spacial score (nSPS) is 21.3. The monoisotopic (exact) mass is 290 g/mol. The van der Waals surface area contributed by atoms with Gasteiger partial charge < -0.3 is 4.90 Å². The third-order valence-corrected chi connectivity index (χ3v) is 4.77. The Morgan fingerprint density at radius 1 is 1.26 bits per heavy atom. The fourth-order valence-corrected chi connectivity index (χ4v) is 3.49. The van der Waals surface area contributed by atoms with Crippen molar-refractivity contribution < 1.29 is 13.2 Å². The van der Waals surface area contributed by atoms with Crippen LogP contribution in [0, 0.1) is 5.92 Å². The average molecular weight is 290 g/mol. The minimum Gasteiger partial charge on any atom is -0.342 e. The van der Waals surface area contributed by atoms with Crippen molar-refractivity contribution in [1.82, 2.24) is 9.21 Å². The third-order valence-electron chi connectivity index (χ3n) is 3.50. The van der Waals surface area contributed by atoms with Gasteiger partial charge in [0.05, 0.1) is 12.2 Å². The standard InChI is InChI=1S/C13H26N2O3S/c1-4-8-14(9-5-2)13(16)12-7-6-10-15(11-12)19(3,17)18/h12H,4-11H2,1-3H3. The number of rotatable bonds is 6. The van der Waals surface area contributed by atoms with Gasteiger partial charge in [-0.2, -0.15) is 0 Å². The summed E-state index contributed by atoms with van der Waals surface area (Å²) < 4.78 is 24.6. The molecule has 6 heteroatoms. The first-order valence-corrected chi connectivity index (χ1v) is 8.98. The van der Waals surface area contributed by atoms with Gasteiger partial charge in [-0.3, -0.25) is 4.79 Å². The van der Waals surface area contributed by atoms with E-state index in [2.05, 4.69) is 13.8 Å². The Bertz CT molecular complexity index is 389. The van der Waals surface area contributed by atoms with E-state index in [-0.39, 0.29) is 11.8 Å². The van der Waals surface area contributed by atoms with Crippen molar-refractivity contribution in [1.29, 1.82) is 0 Å². The molecule has 0 aromatic heterocycles. The second-order valence-electron chi connectivity index (χ2n) is 5.29. The molecule has 0 aromatic carbocycles. The number of carbonyl (C=O) groups is 1. The molecule has 1 fully saturated rings. The fraction of sp³-hybridized carbons (Fsp3) is 0.923. The molecular formula is C13H26N2O3S. The Morgan fingerprint density at radius 3 is 2.32 bits per heavy atom. The fourth-order valence-electron chi connectivity index (χ4n) is 2.58. The highest BCUT2D eigenvalue weighted by atomic mass is 32.2. The van der Waals surface area contributed by atoms with E-state index in [1.165, 1.54) is 10.6 Å². The maximum atomic E-state index is 12.5. The molecule has 1 aliphatic rings. The van der Waals surface area contributed by atoms with Gasteiger partial charge in [0.15, 0.2) is 0 Å². The van der Waals surface area contributed by atoms with Crippen molar-refractivity contribution in [2.24, 2.45) is 5.92 Å². The molecule has 0 aromatic rings. The lowest BCUT2D eigenvalue weighted by Crippen LogP contribution is -2.46. The molecule has 1 heterocycles. The molecule has 1 unspecified atom stereocenters. The van der Waals surface area contributed by atoms with Crippen LogP contribution in [0.1, 0.15) is 39.5 Å². The van der Waals surface area contributed by atoms with Gasteiger partial charge in [-0.25, -0.2) is 12.7 Å². The minimum atomic E-state index is -3.18. The van der Waals surface area contributed by atoms with Crippen LogP contribution in [0.5, 0.6) is 0 Å². The van der Waals surface area contributed by atoms with Crippen molar-refractivity contribution in [2.75, 3.05) is 32.4 Å². The molecule has 1 atom stereocenters. The van der Waals surface area contributed by atoms with Gasteiger partial charge in [0, 0.05) is 26.2 Å². The number of nitrogens with zero attached hydrogens (tertiary/aromatic N) is 2. The van der Waals surface area contributed by atoms with Crippen molar-refractivity contribution >= 4 is 15.9 Å². The van der Waals surface area contributed by atoms with E-state index < -0.39 is 10.0 Å². The number of carbonyl (C=O) groups excluding carboxylic acids is 1. The SMILES string of the molecule is CCCN(CCC)C(=O)C1CCCN(S(C)(=O)=O)C1. The summed E-state index contributed by atoms with van der Waals surface area (Å²) in [5.74, 6) is -0.0429. The molecule has 0 spiro atoms. The predicted octanol–water partition coefficient (Wildman–Crippen LogP) is 1.31. The Labute approximate surface area is 117 Å². The van der Waals surface area contributed by atoms with Crippen molar-refractivity contribution in [3.8, 4) is 0 Å². The van der Waals surface area contributed by atoms with Gasteiger partial charge in [-0.15, -0.1) is 0 Å². The summed E-state index contributed by atoms with van der Waals surface area (Å²) in [6.07, 6.45) is 4.67. The summed E-state index contributed by atoms with van der Waals surface area (Å²) in [4.78, 5) is 14.3. The second-order valence-corrected chi connectivity index (χ2v) is 7.27. The highest BCUT2D eigenvalue weighted by Gasteiger charge is 2.32. The van der Waals surface area contributed by atoms with E-state index in [1.54, 1.807) is 0 Å². The van der Waals surface area contributed by atoms with Crippen molar-refractivity contribution in [2.45, 2.75) is 39.5 Å². The molecule has 0 N–H and O–H groups in total. The molecule has 0 bridgehead atoms. The Kier molecular flexibility index (Phi) is 6.26. The zero-order chi connectivity index (χ0) is 14.5. The number of piperidine rings is 1. The number of hydrogen-bond acceptors (Lipinski definition) is 3. The summed E-state index contributed by atoms with van der Waals surface area (Å²) in [5, 5.41) is 0. The van der Waals surface area contributed by atoms with E-state index in [0.29, 0.717) is 13.1 Å². The molecule has 19 heavy (non-hydrogen) atoms. The van der Waals surface area contributed by atoms with Gasteiger partial charge in [0.25, 0.3) is 0 Å². The minimum absolute atomic E-state index is 0.122. The van der Waals surface area contributed by atoms with Crippen molar-refractivity contribution in [3.05, 3.63) is 0 Å². The smallest absolute Gasteiger partial charge is 0.227 e. The predicted molar refractivity (Wildman–Crippen MR) is 76.3 cm³/mol. The van der Waals surface area contributed by atoms with Gasteiger partial charge in [-0.05, 0) is 25.7 Å². The number of hydrogen-bond donors (Lipinski definition) is 0. The van der Waals surface area contributed by atoms with Gasteiger partial charge >= 0.3 is 0 Å². The average Bonchev–Trinajstić information content (AvgIpc) is 2.37. The molecule has 0 aliphatic carbocycles. The first kappa shape index (κ1) is 16.4. The molecule has 1 saturated heterocycles. The zero-order valence-corrected chi connectivity index (χ0v) is 13.1. The largest absolute Gasteiger partial charge is 0.342 e. The molecule has 1 rings (SSSR count). The molecule has 1 amide bonds. The van der Waals surface area contributed by atoms with Gasteiger partial charge in [0.2, 0.25) is 15.9 Å².